The van der Waals surface area contributed by atoms with Crippen LogP contribution in [0.25, 0.3) is 77.4 Å². The summed E-state index contributed by atoms with van der Waals surface area (Å²) in [6.07, 6.45) is 6.22. The normalized spacial score (nSPS) is 15.1. The molecule has 57 heavy (non-hydrogen) atoms. The highest BCUT2D eigenvalue weighted by Crippen LogP contribution is 2.57. The number of hydrogen-bond donors (Lipinski definition) is 0. The van der Waals surface area contributed by atoms with Gasteiger partial charge in [-0.2, -0.15) is 0 Å². The van der Waals surface area contributed by atoms with Gasteiger partial charge in [0.1, 0.15) is 0 Å². The fourth-order valence-electron chi connectivity index (χ4n) is 9.10. The van der Waals surface area contributed by atoms with E-state index in [1.807, 2.05) is 12.1 Å². The summed E-state index contributed by atoms with van der Waals surface area (Å²) in [7, 11) is 0. The number of fused-ring (bicyclic) bond motifs is 5. The molecule has 0 N–H and O–H groups in total. The SMILES string of the molecule is C1=C=C(C2(c3ccccc3)c3ccccc3-c3ccc(-c4ccc5ccc(-c6ccc(-c7cc(-c8ccccc8)nc8ccccc78)cc6)cc5c4)cc32)C=CC=1. The van der Waals surface area contributed by atoms with Crippen LogP contribution in [-0.4, -0.2) is 4.98 Å². The Kier molecular flexibility index (Phi) is 7.69. The van der Waals surface area contributed by atoms with E-state index in [1.54, 1.807) is 0 Å². The van der Waals surface area contributed by atoms with E-state index in [0.29, 0.717) is 0 Å². The Morgan fingerprint density at radius 3 is 1.84 bits per heavy atom. The quantitative estimate of drug-likeness (QED) is 0.156. The van der Waals surface area contributed by atoms with Crippen LogP contribution in [0.2, 0.25) is 0 Å². The van der Waals surface area contributed by atoms with E-state index < -0.39 is 5.41 Å². The molecule has 0 amide bonds. The van der Waals surface area contributed by atoms with Crippen molar-refractivity contribution in [2.75, 3.05) is 0 Å². The molecule has 0 bridgehead atoms. The zero-order chi connectivity index (χ0) is 37.8. The number of nitrogens with zero attached hydrogens (tertiary/aromatic N) is 1. The maximum atomic E-state index is 5.01. The molecule has 1 aromatic heterocycles. The van der Waals surface area contributed by atoms with Crippen LogP contribution in [0.5, 0.6) is 0 Å². The van der Waals surface area contributed by atoms with Crippen molar-refractivity contribution in [2.24, 2.45) is 0 Å². The highest BCUT2D eigenvalue weighted by atomic mass is 14.7. The molecule has 11 rings (SSSR count). The maximum Gasteiger partial charge on any atom is 0.0792 e. The molecule has 9 aromatic rings. The van der Waals surface area contributed by atoms with Gasteiger partial charge < -0.3 is 0 Å². The summed E-state index contributed by atoms with van der Waals surface area (Å²) in [5.74, 6) is 0. The summed E-state index contributed by atoms with van der Waals surface area (Å²) in [4.78, 5) is 5.01. The smallest absolute Gasteiger partial charge is 0.0792 e. The Bertz CT molecular complexity index is 3170. The summed E-state index contributed by atoms with van der Waals surface area (Å²) in [6.45, 7) is 0. The van der Waals surface area contributed by atoms with Gasteiger partial charge >= 0.3 is 0 Å². The molecular weight excluding hydrogens is 687 g/mol. The number of allylic oxidation sites excluding steroid dienone is 4. The van der Waals surface area contributed by atoms with Gasteiger partial charge in [0.05, 0.1) is 16.6 Å². The van der Waals surface area contributed by atoms with Gasteiger partial charge in [0.25, 0.3) is 0 Å². The Morgan fingerprint density at radius 2 is 1.05 bits per heavy atom. The van der Waals surface area contributed by atoms with Gasteiger partial charge in [-0.1, -0.05) is 181 Å². The average molecular weight is 722 g/mol. The largest absolute Gasteiger partial charge is 0.248 e. The van der Waals surface area contributed by atoms with Crippen LogP contribution in [0, 0.1) is 0 Å². The van der Waals surface area contributed by atoms with Gasteiger partial charge in [-0.3, -0.25) is 0 Å². The maximum absolute atomic E-state index is 5.01. The zero-order valence-electron chi connectivity index (χ0n) is 31.2. The number of pyridine rings is 1. The van der Waals surface area contributed by atoms with Crippen molar-refractivity contribution in [3.05, 3.63) is 246 Å². The van der Waals surface area contributed by atoms with E-state index in [0.717, 1.165) is 27.7 Å². The van der Waals surface area contributed by atoms with E-state index in [-0.39, 0.29) is 0 Å². The molecule has 1 unspecified atom stereocenters. The second kappa shape index (κ2) is 13.3. The van der Waals surface area contributed by atoms with Crippen LogP contribution in [-0.2, 0) is 5.41 Å². The standard InChI is InChI=1S/C56H35N/c1-4-14-41(15-5-1)55-37-51(50-21-11-13-23-54(50)57-55)40-28-24-38(25-29-40)42-30-26-39-27-31-43(35-45(39)34-42)44-32-33-49-48-20-10-12-22-52(48)56(53(49)36-44,46-16-6-2-7-17-46)47-18-8-3-9-19-47/h1-8,10-18,20-37H. The van der Waals surface area contributed by atoms with Crippen molar-refractivity contribution in [1.29, 1.82) is 0 Å². The van der Waals surface area contributed by atoms with Gasteiger partial charge in [0, 0.05) is 16.5 Å². The molecular formula is C56H35N. The first-order chi connectivity index (χ1) is 28.2. The van der Waals surface area contributed by atoms with Gasteiger partial charge in [-0.15, -0.1) is 0 Å². The lowest BCUT2D eigenvalue weighted by molar-refractivity contribution is 0.768. The summed E-state index contributed by atoms with van der Waals surface area (Å²) >= 11 is 0. The third-order valence-corrected chi connectivity index (χ3v) is 11.8. The van der Waals surface area contributed by atoms with E-state index in [1.165, 1.54) is 72.0 Å². The first-order valence-electron chi connectivity index (χ1n) is 19.5. The summed E-state index contributed by atoms with van der Waals surface area (Å²) in [5.41, 5.74) is 23.9. The van der Waals surface area contributed by atoms with E-state index >= 15 is 0 Å². The van der Waals surface area contributed by atoms with Crippen molar-refractivity contribution >= 4 is 21.7 Å². The summed E-state index contributed by atoms with van der Waals surface area (Å²) in [5, 5.41) is 3.59. The molecule has 264 valence electrons. The Morgan fingerprint density at radius 1 is 0.421 bits per heavy atom. The Balaban J connectivity index is 0.990. The number of aromatic nitrogens is 1. The van der Waals surface area contributed by atoms with E-state index in [4.69, 9.17) is 4.98 Å². The minimum Gasteiger partial charge on any atom is -0.248 e. The number of rotatable bonds is 6. The van der Waals surface area contributed by atoms with Gasteiger partial charge in [0.2, 0.25) is 0 Å². The molecule has 8 aromatic carbocycles. The molecule has 1 atom stereocenters. The van der Waals surface area contributed by atoms with E-state index in [2.05, 4.69) is 212 Å². The van der Waals surface area contributed by atoms with Gasteiger partial charge in [0.15, 0.2) is 0 Å². The third kappa shape index (κ3) is 5.38. The number of hydrogen-bond acceptors (Lipinski definition) is 1. The monoisotopic (exact) mass is 721 g/mol. The highest BCUT2D eigenvalue weighted by Gasteiger charge is 2.47. The van der Waals surface area contributed by atoms with Crippen molar-refractivity contribution in [3.8, 4) is 55.8 Å². The zero-order valence-corrected chi connectivity index (χ0v) is 31.2. The molecule has 2 aliphatic rings. The van der Waals surface area contributed by atoms with Crippen molar-refractivity contribution in [1.82, 2.24) is 4.98 Å². The molecule has 0 saturated carbocycles. The van der Waals surface area contributed by atoms with Gasteiger partial charge in [-0.25, -0.2) is 4.98 Å². The molecule has 1 nitrogen and oxygen atoms in total. The Labute approximate surface area is 332 Å². The molecule has 1 heterocycles. The van der Waals surface area contributed by atoms with Crippen LogP contribution in [0.15, 0.2) is 229 Å². The Hall–Kier alpha value is -7.53. The average Bonchev–Trinajstić information content (AvgIpc) is 3.59. The van der Waals surface area contributed by atoms with Crippen molar-refractivity contribution in [3.63, 3.8) is 0 Å². The number of para-hydroxylation sites is 1. The van der Waals surface area contributed by atoms with Crippen LogP contribution in [0.4, 0.5) is 0 Å². The third-order valence-electron chi connectivity index (χ3n) is 11.8. The van der Waals surface area contributed by atoms with Crippen LogP contribution >= 0.6 is 0 Å². The molecule has 0 aliphatic heterocycles. The first-order valence-corrected chi connectivity index (χ1v) is 19.5. The fourth-order valence-corrected chi connectivity index (χ4v) is 9.10. The molecule has 0 fully saturated rings. The molecule has 2 aliphatic carbocycles. The predicted octanol–water partition coefficient (Wildman–Crippen LogP) is 14.2. The minimum atomic E-state index is -0.511. The van der Waals surface area contributed by atoms with Gasteiger partial charge in [-0.05, 0) is 114 Å². The highest BCUT2D eigenvalue weighted by molar-refractivity contribution is 5.98. The second-order valence-corrected chi connectivity index (χ2v) is 14.9. The topological polar surface area (TPSA) is 12.9 Å². The first kappa shape index (κ1) is 32.9. The summed E-state index contributed by atoms with van der Waals surface area (Å²) in [6, 6.07) is 70.5. The number of benzene rings is 8. The fraction of sp³-hybridized carbons (Fsp3) is 0.0179. The van der Waals surface area contributed by atoms with Crippen LogP contribution < -0.4 is 0 Å². The van der Waals surface area contributed by atoms with E-state index in [9.17, 15) is 0 Å². The lowest BCUT2D eigenvalue weighted by Gasteiger charge is -2.33. The predicted molar refractivity (Wildman–Crippen MR) is 237 cm³/mol. The molecule has 1 heteroatoms. The lowest BCUT2D eigenvalue weighted by atomic mass is 9.67. The molecule has 0 spiro atoms. The minimum absolute atomic E-state index is 0.511. The molecule has 0 saturated heterocycles. The summed E-state index contributed by atoms with van der Waals surface area (Å²) < 4.78 is 0. The van der Waals surface area contributed by atoms with Crippen LogP contribution in [0.3, 0.4) is 0 Å². The molecule has 0 radical (unpaired) electrons. The van der Waals surface area contributed by atoms with Crippen molar-refractivity contribution < 1.29 is 0 Å². The van der Waals surface area contributed by atoms with Crippen LogP contribution in [0.1, 0.15) is 16.7 Å². The second-order valence-electron chi connectivity index (χ2n) is 14.9. The van der Waals surface area contributed by atoms with Crippen molar-refractivity contribution in [2.45, 2.75) is 5.41 Å². The lowest BCUT2D eigenvalue weighted by Crippen LogP contribution is -2.28.